The molecule has 2 heterocycles. The highest BCUT2D eigenvalue weighted by atomic mass is 16.5. The molecule has 6 heteroatoms. The topological polar surface area (TPSA) is 71.3 Å². The summed E-state index contributed by atoms with van der Waals surface area (Å²) >= 11 is 0. The lowest BCUT2D eigenvalue weighted by atomic mass is 9.95. The Morgan fingerprint density at radius 2 is 2.29 bits per heavy atom. The first kappa shape index (κ1) is 15.8. The third-order valence-corrected chi connectivity index (χ3v) is 3.93. The van der Waals surface area contributed by atoms with Gasteiger partial charge in [-0.3, -0.25) is 0 Å². The van der Waals surface area contributed by atoms with Crippen LogP contribution in [0.3, 0.4) is 0 Å². The van der Waals surface area contributed by atoms with Gasteiger partial charge in [0, 0.05) is 19.5 Å². The summed E-state index contributed by atoms with van der Waals surface area (Å²) in [5, 5.41) is 6.69. The number of likely N-dealkylation sites (tertiary alicyclic amines) is 1. The van der Waals surface area contributed by atoms with E-state index in [4.69, 9.17) is 4.52 Å². The minimum Gasteiger partial charge on any atom is -0.340 e. The van der Waals surface area contributed by atoms with Gasteiger partial charge in [0.1, 0.15) is 0 Å². The molecule has 0 spiro atoms. The molecule has 1 aromatic rings. The minimum absolute atomic E-state index is 0.00842. The van der Waals surface area contributed by atoms with Crippen LogP contribution in [0.25, 0.3) is 0 Å². The van der Waals surface area contributed by atoms with E-state index in [1.54, 1.807) is 6.92 Å². The van der Waals surface area contributed by atoms with Gasteiger partial charge >= 0.3 is 6.03 Å². The van der Waals surface area contributed by atoms with Gasteiger partial charge in [0.15, 0.2) is 5.82 Å². The molecule has 1 fully saturated rings. The Morgan fingerprint density at radius 1 is 1.48 bits per heavy atom. The zero-order chi connectivity index (χ0) is 15.2. The smallest absolute Gasteiger partial charge is 0.318 e. The molecular formula is C15H26N4O2. The number of nitrogens with zero attached hydrogens (tertiary/aromatic N) is 3. The van der Waals surface area contributed by atoms with Crippen molar-refractivity contribution >= 4 is 6.03 Å². The minimum atomic E-state index is -0.00842. The van der Waals surface area contributed by atoms with Crippen molar-refractivity contribution < 1.29 is 9.32 Å². The lowest BCUT2D eigenvalue weighted by Gasteiger charge is -2.36. The van der Waals surface area contributed by atoms with Crippen LogP contribution in [0.15, 0.2) is 4.52 Å². The average molecular weight is 294 g/mol. The van der Waals surface area contributed by atoms with Crippen LogP contribution in [0.1, 0.15) is 57.7 Å². The summed E-state index contributed by atoms with van der Waals surface area (Å²) in [6, 6.07) is 0.360. The van der Waals surface area contributed by atoms with Crippen LogP contribution in [0.5, 0.6) is 0 Å². The number of amides is 2. The molecule has 0 bridgehead atoms. The molecule has 1 aromatic heterocycles. The van der Waals surface area contributed by atoms with E-state index in [-0.39, 0.29) is 6.03 Å². The lowest BCUT2D eigenvalue weighted by molar-refractivity contribution is 0.142. The second-order valence-electron chi connectivity index (χ2n) is 6.20. The molecule has 118 valence electrons. The maximum Gasteiger partial charge on any atom is 0.318 e. The molecular weight excluding hydrogens is 268 g/mol. The van der Waals surface area contributed by atoms with Crippen LogP contribution >= 0.6 is 0 Å². The molecule has 0 aromatic carbocycles. The van der Waals surface area contributed by atoms with Gasteiger partial charge in [0.2, 0.25) is 5.89 Å². The fourth-order valence-electron chi connectivity index (χ4n) is 2.76. The van der Waals surface area contributed by atoms with Gasteiger partial charge in [0.05, 0.1) is 6.54 Å². The number of piperidine rings is 1. The number of aromatic nitrogens is 2. The number of hydrogen-bond acceptors (Lipinski definition) is 4. The summed E-state index contributed by atoms with van der Waals surface area (Å²) in [5.41, 5.74) is 0. The Labute approximate surface area is 126 Å². The summed E-state index contributed by atoms with van der Waals surface area (Å²) in [4.78, 5) is 18.4. The molecule has 21 heavy (non-hydrogen) atoms. The summed E-state index contributed by atoms with van der Waals surface area (Å²) in [6.07, 6.45) is 5.68. The second kappa shape index (κ2) is 7.43. The van der Waals surface area contributed by atoms with E-state index in [2.05, 4.69) is 29.3 Å². The maximum absolute atomic E-state index is 12.4. The van der Waals surface area contributed by atoms with E-state index in [9.17, 15) is 4.79 Å². The largest absolute Gasteiger partial charge is 0.340 e. The molecule has 0 aliphatic carbocycles. The van der Waals surface area contributed by atoms with E-state index >= 15 is 0 Å². The van der Waals surface area contributed by atoms with Gasteiger partial charge in [-0.1, -0.05) is 19.0 Å². The van der Waals surface area contributed by atoms with Crippen molar-refractivity contribution in [1.82, 2.24) is 20.4 Å². The van der Waals surface area contributed by atoms with Gasteiger partial charge < -0.3 is 14.7 Å². The SMILES string of the molecule is Cc1nc(CNC(=O)N2CCCC[C@@H]2CCC(C)C)no1. The molecule has 0 radical (unpaired) electrons. The molecule has 2 rings (SSSR count). The zero-order valence-electron chi connectivity index (χ0n) is 13.3. The van der Waals surface area contributed by atoms with Crippen molar-refractivity contribution in [1.29, 1.82) is 0 Å². The van der Waals surface area contributed by atoms with Crippen LogP contribution in [0.2, 0.25) is 0 Å². The lowest BCUT2D eigenvalue weighted by Crippen LogP contribution is -2.48. The molecule has 1 atom stereocenters. The van der Waals surface area contributed by atoms with E-state index < -0.39 is 0 Å². The van der Waals surface area contributed by atoms with Gasteiger partial charge in [-0.25, -0.2) is 4.79 Å². The van der Waals surface area contributed by atoms with Crippen molar-refractivity contribution in [3.8, 4) is 0 Å². The number of carbonyl (C=O) groups excluding carboxylic acids is 1. The molecule has 1 N–H and O–H groups in total. The standard InChI is InChI=1S/C15H26N4O2/c1-11(2)7-8-13-6-4-5-9-19(13)15(20)16-10-14-17-12(3)21-18-14/h11,13H,4-10H2,1-3H3,(H,16,20)/t13-/m1/s1. The van der Waals surface area contributed by atoms with Crippen molar-refractivity contribution in [2.75, 3.05) is 6.54 Å². The Balaban J connectivity index is 1.85. The molecule has 1 aliphatic rings. The normalized spacial score (nSPS) is 19.0. The number of hydrogen-bond donors (Lipinski definition) is 1. The molecule has 1 saturated heterocycles. The van der Waals surface area contributed by atoms with Crippen molar-refractivity contribution in [2.24, 2.45) is 5.92 Å². The molecule has 0 unspecified atom stereocenters. The maximum atomic E-state index is 12.4. The van der Waals surface area contributed by atoms with Crippen LogP contribution < -0.4 is 5.32 Å². The Bertz CT molecular complexity index is 458. The first-order valence-electron chi connectivity index (χ1n) is 7.90. The van der Waals surface area contributed by atoms with E-state index in [1.807, 2.05) is 4.90 Å². The summed E-state index contributed by atoms with van der Waals surface area (Å²) in [7, 11) is 0. The van der Waals surface area contributed by atoms with Crippen LogP contribution in [0.4, 0.5) is 4.79 Å². The summed E-state index contributed by atoms with van der Waals surface area (Å²) in [5.74, 6) is 1.72. The van der Waals surface area contributed by atoms with Gasteiger partial charge in [-0.15, -0.1) is 0 Å². The van der Waals surface area contributed by atoms with Gasteiger partial charge in [0.25, 0.3) is 0 Å². The predicted molar refractivity (Wildman–Crippen MR) is 79.7 cm³/mol. The number of aryl methyl sites for hydroxylation is 1. The monoisotopic (exact) mass is 294 g/mol. The summed E-state index contributed by atoms with van der Waals surface area (Å²) in [6.45, 7) is 7.37. The highest BCUT2D eigenvalue weighted by Crippen LogP contribution is 2.22. The predicted octanol–water partition coefficient (Wildman–Crippen LogP) is 2.88. The van der Waals surface area contributed by atoms with Gasteiger partial charge in [-0.2, -0.15) is 4.98 Å². The fraction of sp³-hybridized carbons (Fsp3) is 0.800. The number of urea groups is 1. The molecule has 1 aliphatic heterocycles. The highest BCUT2D eigenvalue weighted by molar-refractivity contribution is 5.74. The molecule has 0 saturated carbocycles. The number of carbonyl (C=O) groups is 1. The average Bonchev–Trinajstić information content (AvgIpc) is 2.88. The van der Waals surface area contributed by atoms with E-state index in [1.165, 1.54) is 12.8 Å². The Hall–Kier alpha value is -1.59. The summed E-state index contributed by atoms with van der Waals surface area (Å²) < 4.78 is 4.90. The molecule has 2 amide bonds. The third-order valence-electron chi connectivity index (χ3n) is 3.93. The van der Waals surface area contributed by atoms with Crippen LogP contribution in [-0.4, -0.2) is 33.7 Å². The third kappa shape index (κ3) is 4.72. The van der Waals surface area contributed by atoms with Crippen molar-refractivity contribution in [2.45, 2.75) is 65.5 Å². The quantitative estimate of drug-likeness (QED) is 0.906. The first-order chi connectivity index (χ1) is 10.1. The second-order valence-corrected chi connectivity index (χ2v) is 6.20. The Kier molecular flexibility index (Phi) is 5.59. The zero-order valence-corrected chi connectivity index (χ0v) is 13.3. The van der Waals surface area contributed by atoms with Crippen molar-refractivity contribution in [3.05, 3.63) is 11.7 Å². The number of rotatable bonds is 5. The van der Waals surface area contributed by atoms with Crippen LogP contribution in [-0.2, 0) is 6.54 Å². The first-order valence-corrected chi connectivity index (χ1v) is 7.90. The number of nitrogens with one attached hydrogen (secondary N) is 1. The van der Waals surface area contributed by atoms with Crippen LogP contribution in [0, 0.1) is 12.8 Å². The van der Waals surface area contributed by atoms with Gasteiger partial charge in [-0.05, 0) is 38.0 Å². The van der Waals surface area contributed by atoms with Crippen molar-refractivity contribution in [3.63, 3.8) is 0 Å². The fourth-order valence-corrected chi connectivity index (χ4v) is 2.76. The molecule has 6 nitrogen and oxygen atoms in total. The highest BCUT2D eigenvalue weighted by Gasteiger charge is 2.26. The van der Waals surface area contributed by atoms with E-state index in [0.717, 1.165) is 25.8 Å². The Morgan fingerprint density at radius 3 is 2.95 bits per heavy atom. The van der Waals surface area contributed by atoms with E-state index in [0.29, 0.717) is 30.2 Å².